The van der Waals surface area contributed by atoms with Gasteiger partial charge in [-0.25, -0.2) is 4.98 Å². The minimum Gasteiger partial charge on any atom is -0.373 e. The summed E-state index contributed by atoms with van der Waals surface area (Å²) >= 11 is 1.19. The molecule has 0 aromatic carbocycles. The highest BCUT2D eigenvalue weighted by Gasteiger charge is 2.38. The van der Waals surface area contributed by atoms with E-state index >= 15 is 0 Å². The molecule has 0 aliphatic carbocycles. The van der Waals surface area contributed by atoms with Gasteiger partial charge in [0.2, 0.25) is 11.0 Å². The van der Waals surface area contributed by atoms with Crippen LogP contribution in [-0.4, -0.2) is 31.7 Å². The molecule has 118 valence electrons. The third-order valence-electron chi connectivity index (χ3n) is 4.04. The molecule has 1 saturated heterocycles. The number of nitrogens with zero attached hydrogens (tertiary/aromatic N) is 4. The molecule has 1 aliphatic heterocycles. The molecule has 3 rings (SSSR count). The Labute approximate surface area is 132 Å². The molecule has 1 amide bonds. The van der Waals surface area contributed by atoms with Gasteiger partial charge in [0.05, 0.1) is 17.7 Å². The molecular weight excluding hydrogens is 302 g/mol. The number of anilines is 1. The molecule has 22 heavy (non-hydrogen) atoms. The number of aromatic nitrogens is 4. The van der Waals surface area contributed by atoms with E-state index in [1.165, 1.54) is 11.5 Å². The fourth-order valence-electron chi connectivity index (χ4n) is 2.89. The van der Waals surface area contributed by atoms with Crippen LogP contribution in [0.3, 0.4) is 0 Å². The van der Waals surface area contributed by atoms with Crippen molar-refractivity contribution in [2.75, 3.05) is 11.9 Å². The number of rotatable bonds is 3. The smallest absolute Gasteiger partial charge is 0.232 e. The Balaban J connectivity index is 1.82. The Morgan fingerprint density at radius 1 is 1.41 bits per heavy atom. The van der Waals surface area contributed by atoms with E-state index in [0.29, 0.717) is 24.0 Å². The molecule has 2 aromatic rings. The Bertz CT molecular complexity index is 708. The second-order valence-electron chi connectivity index (χ2n) is 5.53. The lowest BCUT2D eigenvalue weighted by Gasteiger charge is -2.18. The Kier molecular flexibility index (Phi) is 3.96. The lowest BCUT2D eigenvalue weighted by Crippen LogP contribution is -2.25. The number of nitrogens with one attached hydrogen (secondary N) is 1. The van der Waals surface area contributed by atoms with E-state index in [1.807, 2.05) is 25.6 Å². The predicted molar refractivity (Wildman–Crippen MR) is 82.8 cm³/mol. The average Bonchev–Trinajstić information content (AvgIpc) is 3.12. The van der Waals surface area contributed by atoms with E-state index < -0.39 is 0 Å². The second kappa shape index (κ2) is 5.77. The minimum absolute atomic E-state index is 0.0682. The van der Waals surface area contributed by atoms with Gasteiger partial charge in [0, 0.05) is 36.4 Å². The number of ether oxygens (including phenoxy) is 1. The molecule has 0 unspecified atom stereocenters. The largest absolute Gasteiger partial charge is 0.373 e. The van der Waals surface area contributed by atoms with Crippen LogP contribution in [0.5, 0.6) is 0 Å². The van der Waals surface area contributed by atoms with Gasteiger partial charge in [-0.3, -0.25) is 9.48 Å². The highest BCUT2D eigenvalue weighted by atomic mass is 32.1. The van der Waals surface area contributed by atoms with Crippen molar-refractivity contribution in [2.24, 2.45) is 13.0 Å². The van der Waals surface area contributed by atoms with E-state index in [2.05, 4.69) is 19.8 Å². The molecule has 2 aromatic heterocycles. The predicted octanol–water partition coefficient (Wildman–Crippen LogP) is 1.91. The second-order valence-corrected chi connectivity index (χ2v) is 6.28. The highest BCUT2D eigenvalue weighted by molar-refractivity contribution is 7.09. The normalized spacial score (nSPS) is 21.3. The van der Waals surface area contributed by atoms with Crippen LogP contribution in [0.2, 0.25) is 0 Å². The van der Waals surface area contributed by atoms with Crippen molar-refractivity contribution in [1.82, 2.24) is 19.1 Å². The molecule has 1 fully saturated rings. The quantitative estimate of drug-likeness (QED) is 0.934. The van der Waals surface area contributed by atoms with Gasteiger partial charge in [-0.2, -0.15) is 9.47 Å². The summed E-state index contributed by atoms with van der Waals surface area (Å²) in [6, 6.07) is 0. The molecule has 8 heteroatoms. The number of aryl methyl sites for hydroxylation is 3. The van der Waals surface area contributed by atoms with Crippen molar-refractivity contribution in [1.29, 1.82) is 0 Å². The maximum atomic E-state index is 12.6. The van der Waals surface area contributed by atoms with Crippen LogP contribution < -0.4 is 5.32 Å². The van der Waals surface area contributed by atoms with E-state index in [9.17, 15) is 4.79 Å². The molecule has 0 spiro atoms. The van der Waals surface area contributed by atoms with Crippen molar-refractivity contribution in [3.63, 3.8) is 0 Å². The zero-order chi connectivity index (χ0) is 15.9. The molecule has 0 radical (unpaired) electrons. The molecule has 3 heterocycles. The van der Waals surface area contributed by atoms with Gasteiger partial charge in [0.25, 0.3) is 0 Å². The van der Waals surface area contributed by atoms with Crippen molar-refractivity contribution in [3.8, 4) is 0 Å². The highest BCUT2D eigenvalue weighted by Crippen LogP contribution is 2.38. The lowest BCUT2D eigenvalue weighted by atomic mass is 9.93. The number of carbonyl (C=O) groups is 1. The van der Waals surface area contributed by atoms with Crippen molar-refractivity contribution in [2.45, 2.75) is 33.3 Å². The van der Waals surface area contributed by atoms with Gasteiger partial charge in [0.1, 0.15) is 5.82 Å². The zero-order valence-electron chi connectivity index (χ0n) is 13.1. The van der Waals surface area contributed by atoms with Crippen LogP contribution in [0, 0.1) is 26.7 Å². The van der Waals surface area contributed by atoms with Gasteiger partial charge >= 0.3 is 0 Å². The number of hydrogen-bond donors (Lipinski definition) is 1. The Hall–Kier alpha value is -1.80. The monoisotopic (exact) mass is 321 g/mol. The topological polar surface area (TPSA) is 81.9 Å². The summed E-state index contributed by atoms with van der Waals surface area (Å²) in [5.41, 5.74) is 2.97. The van der Waals surface area contributed by atoms with Crippen LogP contribution >= 0.6 is 11.5 Å². The number of amides is 1. The summed E-state index contributed by atoms with van der Waals surface area (Å²) in [6.07, 6.45) is 0.449. The van der Waals surface area contributed by atoms with Gasteiger partial charge in [-0.15, -0.1) is 0 Å². The molecule has 0 saturated carbocycles. The van der Waals surface area contributed by atoms with E-state index in [1.54, 1.807) is 6.92 Å². The average molecular weight is 321 g/mol. The maximum absolute atomic E-state index is 12.6. The van der Waals surface area contributed by atoms with Gasteiger partial charge < -0.3 is 10.1 Å². The summed E-state index contributed by atoms with van der Waals surface area (Å²) in [7, 11) is 1.90. The Morgan fingerprint density at radius 2 is 2.18 bits per heavy atom. The van der Waals surface area contributed by atoms with Crippen LogP contribution in [0.15, 0.2) is 0 Å². The molecule has 2 atom stereocenters. The molecule has 7 nitrogen and oxygen atoms in total. The first kappa shape index (κ1) is 15.1. The third kappa shape index (κ3) is 2.64. The van der Waals surface area contributed by atoms with Crippen LogP contribution in [-0.2, 0) is 16.6 Å². The molecule has 1 aliphatic rings. The van der Waals surface area contributed by atoms with Gasteiger partial charge in [0.15, 0.2) is 0 Å². The number of hydrogen-bond acceptors (Lipinski definition) is 6. The summed E-state index contributed by atoms with van der Waals surface area (Å²) in [6.45, 7) is 6.33. The maximum Gasteiger partial charge on any atom is 0.232 e. The first-order valence-corrected chi connectivity index (χ1v) is 7.97. The lowest BCUT2D eigenvalue weighted by molar-refractivity contribution is -0.121. The third-order valence-corrected chi connectivity index (χ3v) is 4.76. The fourth-order valence-corrected chi connectivity index (χ4v) is 3.47. The standard InChI is InChI=1S/C14H19N5O2S/c1-7-11(8(2)19(4)17-7)12-10(5-6-21-12)13(20)16-14-15-9(3)18-22-14/h10,12H,5-6H2,1-4H3,(H,15,16,18,20)/t10-,12-/m0/s1. The zero-order valence-corrected chi connectivity index (χ0v) is 13.9. The van der Waals surface area contributed by atoms with E-state index in [4.69, 9.17) is 4.74 Å². The van der Waals surface area contributed by atoms with E-state index in [-0.39, 0.29) is 17.9 Å². The van der Waals surface area contributed by atoms with Crippen molar-refractivity contribution >= 4 is 22.6 Å². The molecule has 0 bridgehead atoms. The summed E-state index contributed by atoms with van der Waals surface area (Å²) in [5, 5.41) is 7.80. The first-order valence-electron chi connectivity index (χ1n) is 7.20. The van der Waals surface area contributed by atoms with E-state index in [0.717, 1.165) is 17.0 Å². The fraction of sp³-hybridized carbons (Fsp3) is 0.571. The van der Waals surface area contributed by atoms with Crippen LogP contribution in [0.25, 0.3) is 0 Å². The van der Waals surface area contributed by atoms with Gasteiger partial charge in [-0.1, -0.05) is 0 Å². The number of carbonyl (C=O) groups excluding carboxylic acids is 1. The summed E-state index contributed by atoms with van der Waals surface area (Å²) < 4.78 is 11.7. The van der Waals surface area contributed by atoms with Crippen LogP contribution in [0.4, 0.5) is 5.13 Å². The summed E-state index contributed by atoms with van der Waals surface area (Å²) in [4.78, 5) is 16.7. The molecule has 1 N–H and O–H groups in total. The summed E-state index contributed by atoms with van der Waals surface area (Å²) in [5.74, 6) is 0.366. The van der Waals surface area contributed by atoms with Gasteiger partial charge in [-0.05, 0) is 27.2 Å². The SMILES string of the molecule is Cc1nsc(NC(=O)[C@H]2CCO[C@@H]2c2c(C)nn(C)c2C)n1. The van der Waals surface area contributed by atoms with Crippen molar-refractivity contribution < 1.29 is 9.53 Å². The minimum atomic E-state index is -0.247. The Morgan fingerprint density at radius 3 is 2.77 bits per heavy atom. The molecular formula is C14H19N5O2S. The van der Waals surface area contributed by atoms with Crippen LogP contribution in [0.1, 0.15) is 35.3 Å². The first-order chi connectivity index (χ1) is 10.5. The van der Waals surface area contributed by atoms with Crippen molar-refractivity contribution in [3.05, 3.63) is 22.8 Å².